The minimum absolute atomic E-state index is 0.0588. The normalized spacial score (nSPS) is 15.4. The molecule has 0 N–H and O–H groups in total. The van der Waals surface area contributed by atoms with Gasteiger partial charge in [-0.15, -0.1) is 0 Å². The van der Waals surface area contributed by atoms with Crippen LogP contribution in [0.2, 0.25) is 0 Å². The molecule has 0 aliphatic heterocycles. The van der Waals surface area contributed by atoms with Crippen LogP contribution in [0.25, 0.3) is 67.1 Å². The first-order valence-corrected chi connectivity index (χ1v) is 14.5. The lowest BCUT2D eigenvalue weighted by Crippen LogP contribution is -2.00. The van der Waals surface area contributed by atoms with Crippen molar-refractivity contribution < 1.29 is 5.48 Å². The van der Waals surface area contributed by atoms with Crippen LogP contribution in [0.1, 0.15) is 30.4 Å². The first kappa shape index (κ1) is 20.5. The van der Waals surface area contributed by atoms with Crippen LogP contribution in [-0.4, -0.2) is 27.9 Å². The third kappa shape index (κ3) is 3.35. The summed E-state index contributed by atoms with van der Waals surface area (Å²) in [6.07, 6.45) is 0.0588. The van der Waals surface area contributed by atoms with Crippen molar-refractivity contribution in [2.45, 2.75) is 27.1 Å². The van der Waals surface area contributed by atoms with E-state index in [1.165, 1.54) is 6.92 Å². The summed E-state index contributed by atoms with van der Waals surface area (Å²) in [6.45, 7) is 1.14. The fourth-order valence-electron chi connectivity index (χ4n) is 6.76. The standard InChI is InChI=1S/C37H30N6/c1-23(2)21-25-12-9-20-33-35(25)39-37-41(29-16-5-7-18-31(29)43(33)37)27-14-10-13-26(22-27)40-28-15-4-6-17-30(28)42-32-19-8-11-24(3)34(32)38-36(40)42/h4-20,22-23H,21H2,1-3H3/i1D3,23D. The molecule has 0 amide bonds. The molecular formula is C37H30N6. The van der Waals surface area contributed by atoms with Gasteiger partial charge in [0, 0.05) is 5.48 Å². The molecule has 0 saturated heterocycles. The lowest BCUT2D eigenvalue weighted by molar-refractivity contribution is 0.649. The minimum Gasteiger partial charge on any atom is -0.278 e. The van der Waals surface area contributed by atoms with Gasteiger partial charge in [-0.25, -0.2) is 9.97 Å². The molecule has 5 aromatic carbocycles. The SMILES string of the molecule is [2H]C([2H])([2H])C([2H])(C)Cc1cccc2c1nc1n(-c3cccc(-n4c5ccccc5n5c6cccc(C)c6nc45)c3)c3ccccc3n21. The van der Waals surface area contributed by atoms with E-state index in [4.69, 9.17) is 15.5 Å². The van der Waals surface area contributed by atoms with Crippen LogP contribution in [0.5, 0.6) is 0 Å². The predicted octanol–water partition coefficient (Wildman–Crippen LogP) is 8.68. The van der Waals surface area contributed by atoms with Gasteiger partial charge >= 0.3 is 0 Å². The van der Waals surface area contributed by atoms with E-state index in [-0.39, 0.29) is 6.42 Å². The van der Waals surface area contributed by atoms with Gasteiger partial charge in [0.05, 0.1) is 55.5 Å². The highest BCUT2D eigenvalue weighted by Crippen LogP contribution is 2.34. The molecule has 208 valence electrons. The minimum atomic E-state index is -2.43. The molecule has 1 atom stereocenters. The number of rotatable bonds is 4. The summed E-state index contributed by atoms with van der Waals surface area (Å²) in [5.41, 5.74) is 11.5. The van der Waals surface area contributed by atoms with E-state index >= 15 is 0 Å². The molecule has 0 spiro atoms. The molecule has 0 aliphatic carbocycles. The first-order valence-electron chi connectivity index (χ1n) is 16.5. The van der Waals surface area contributed by atoms with Gasteiger partial charge in [0.25, 0.3) is 0 Å². The zero-order valence-corrected chi connectivity index (χ0v) is 23.8. The number of aromatic nitrogens is 6. The van der Waals surface area contributed by atoms with Gasteiger partial charge in [-0.05, 0) is 85.0 Å². The van der Waals surface area contributed by atoms with Crippen LogP contribution in [0.15, 0.2) is 109 Å². The maximum absolute atomic E-state index is 8.64. The van der Waals surface area contributed by atoms with Crippen molar-refractivity contribution in [1.82, 2.24) is 27.9 Å². The van der Waals surface area contributed by atoms with E-state index in [1.807, 2.05) is 30.3 Å². The van der Waals surface area contributed by atoms with Crippen LogP contribution in [0.3, 0.4) is 0 Å². The summed E-state index contributed by atoms with van der Waals surface area (Å²) >= 11 is 0. The quantitative estimate of drug-likeness (QED) is 0.215. The van der Waals surface area contributed by atoms with Crippen LogP contribution < -0.4 is 0 Å². The molecule has 6 nitrogen and oxygen atoms in total. The molecule has 0 aliphatic rings. The maximum atomic E-state index is 8.64. The molecule has 0 bridgehead atoms. The van der Waals surface area contributed by atoms with E-state index in [9.17, 15) is 0 Å². The van der Waals surface area contributed by atoms with Crippen molar-refractivity contribution in [1.29, 1.82) is 0 Å². The first-order chi connectivity index (χ1) is 22.6. The number of fused-ring (bicyclic) bond motifs is 10. The van der Waals surface area contributed by atoms with Crippen LogP contribution in [-0.2, 0) is 6.42 Å². The summed E-state index contributed by atoms with van der Waals surface area (Å²) < 4.78 is 41.2. The van der Waals surface area contributed by atoms with Crippen molar-refractivity contribution >= 4 is 55.7 Å². The van der Waals surface area contributed by atoms with Crippen molar-refractivity contribution in [3.05, 3.63) is 120 Å². The second-order valence-electron chi connectivity index (χ2n) is 11.3. The molecule has 43 heavy (non-hydrogen) atoms. The Morgan fingerprint density at radius 1 is 0.628 bits per heavy atom. The average molecular weight is 563 g/mol. The van der Waals surface area contributed by atoms with Crippen LogP contribution in [0, 0.1) is 12.8 Å². The zero-order valence-electron chi connectivity index (χ0n) is 27.8. The van der Waals surface area contributed by atoms with Crippen LogP contribution >= 0.6 is 0 Å². The lowest BCUT2D eigenvalue weighted by Gasteiger charge is -2.10. The van der Waals surface area contributed by atoms with E-state index in [0.29, 0.717) is 5.52 Å². The molecule has 4 aromatic heterocycles. The molecule has 1 unspecified atom stereocenters. The smallest absolute Gasteiger partial charge is 0.220 e. The van der Waals surface area contributed by atoms with Gasteiger partial charge in [0.2, 0.25) is 11.6 Å². The van der Waals surface area contributed by atoms with Crippen molar-refractivity contribution in [2.24, 2.45) is 5.89 Å². The van der Waals surface area contributed by atoms with E-state index < -0.39 is 12.7 Å². The molecule has 0 fully saturated rings. The summed E-state index contributed by atoms with van der Waals surface area (Å²) in [5.74, 6) is -0.0856. The summed E-state index contributed by atoms with van der Waals surface area (Å²) in [5, 5.41) is 0. The molecule has 6 heteroatoms. The highest BCUT2D eigenvalue weighted by atomic mass is 15.2. The molecule has 4 heterocycles. The van der Waals surface area contributed by atoms with Gasteiger partial charge in [0.1, 0.15) is 0 Å². The van der Waals surface area contributed by atoms with E-state index in [2.05, 4.69) is 104 Å². The monoisotopic (exact) mass is 562 g/mol. The number of hydrogen-bond acceptors (Lipinski definition) is 2. The number of hydrogen-bond donors (Lipinski definition) is 0. The third-order valence-corrected chi connectivity index (χ3v) is 8.55. The van der Waals surface area contributed by atoms with Crippen molar-refractivity contribution in [3.8, 4) is 11.4 Å². The Balaban J connectivity index is 1.30. The Bertz CT molecular complexity index is 2700. The van der Waals surface area contributed by atoms with Crippen molar-refractivity contribution in [2.75, 3.05) is 0 Å². The van der Waals surface area contributed by atoms with E-state index in [0.717, 1.165) is 72.7 Å². The average Bonchev–Trinajstić information content (AvgIpc) is 3.78. The Morgan fingerprint density at radius 3 is 1.77 bits per heavy atom. The molecule has 9 aromatic rings. The summed E-state index contributed by atoms with van der Waals surface area (Å²) in [6, 6.07) is 37.1. The molecule has 9 rings (SSSR count). The van der Waals surface area contributed by atoms with Crippen LogP contribution in [0.4, 0.5) is 0 Å². The lowest BCUT2D eigenvalue weighted by atomic mass is 10.0. The predicted molar refractivity (Wildman–Crippen MR) is 176 cm³/mol. The summed E-state index contributed by atoms with van der Waals surface area (Å²) in [4.78, 5) is 10.3. The number of nitrogens with zero attached hydrogens (tertiary/aromatic N) is 6. The fraction of sp³-hybridized carbons (Fsp3) is 0.135. The van der Waals surface area contributed by atoms with Gasteiger partial charge in [0.15, 0.2) is 0 Å². The highest BCUT2D eigenvalue weighted by molar-refractivity contribution is 5.95. The second-order valence-corrected chi connectivity index (χ2v) is 11.3. The Kier molecular flexibility index (Phi) is 4.21. The largest absolute Gasteiger partial charge is 0.278 e. The molecule has 0 radical (unpaired) electrons. The third-order valence-electron chi connectivity index (χ3n) is 8.55. The van der Waals surface area contributed by atoms with E-state index in [1.54, 1.807) is 0 Å². The molecule has 0 saturated carbocycles. The van der Waals surface area contributed by atoms with Gasteiger partial charge in [-0.1, -0.05) is 68.4 Å². The number of aryl methyl sites for hydroxylation is 1. The summed E-state index contributed by atoms with van der Waals surface area (Å²) in [7, 11) is 0. The highest BCUT2D eigenvalue weighted by Gasteiger charge is 2.21. The Labute approximate surface area is 253 Å². The second kappa shape index (κ2) is 8.82. The zero-order chi connectivity index (χ0) is 32.2. The number of para-hydroxylation sites is 6. The van der Waals surface area contributed by atoms with Gasteiger partial charge in [-0.3, -0.25) is 17.9 Å². The van der Waals surface area contributed by atoms with Gasteiger partial charge < -0.3 is 0 Å². The number of benzene rings is 5. The molecular weight excluding hydrogens is 528 g/mol. The number of imidazole rings is 4. The topological polar surface area (TPSA) is 44.5 Å². The fourth-order valence-corrected chi connectivity index (χ4v) is 6.76. The Morgan fingerprint density at radius 2 is 1.14 bits per heavy atom. The maximum Gasteiger partial charge on any atom is 0.220 e. The Hall–Kier alpha value is -5.36. The van der Waals surface area contributed by atoms with Crippen molar-refractivity contribution in [3.63, 3.8) is 0 Å². The van der Waals surface area contributed by atoms with Gasteiger partial charge in [-0.2, -0.15) is 0 Å².